The summed E-state index contributed by atoms with van der Waals surface area (Å²) in [5.74, 6) is -1.28. The van der Waals surface area contributed by atoms with E-state index in [-0.39, 0.29) is 21.2 Å². The van der Waals surface area contributed by atoms with E-state index in [1.807, 2.05) is 31.2 Å². The number of amides is 3. The minimum atomic E-state index is -0.591. The average molecular weight is 443 g/mol. The third-order valence-corrected chi connectivity index (χ3v) is 5.41. The van der Waals surface area contributed by atoms with E-state index in [1.54, 1.807) is 17.7 Å². The molecular weight excluding hydrogens is 427 g/mol. The lowest BCUT2D eigenvalue weighted by Gasteiger charge is -2.14. The Morgan fingerprint density at radius 2 is 1.53 bits per heavy atom. The Bertz CT molecular complexity index is 1160. The molecule has 4 rings (SSSR count). The number of carbonyl (C=O) groups excluding carboxylic acids is 3. The smallest absolute Gasteiger partial charge is 0.262 e. The number of nitrogens with zero attached hydrogens (tertiary/aromatic N) is 3. The molecule has 1 N–H and O–H groups in total. The lowest BCUT2D eigenvalue weighted by atomic mass is 10.1. The molecule has 0 unspecified atom stereocenters. The van der Waals surface area contributed by atoms with Gasteiger partial charge in [-0.3, -0.25) is 19.3 Å². The molecule has 0 bridgehead atoms. The number of carbonyl (C=O) groups is 3. The highest BCUT2D eigenvalue weighted by Gasteiger charge is 2.37. The van der Waals surface area contributed by atoms with Gasteiger partial charge in [-0.2, -0.15) is 5.10 Å². The predicted molar refractivity (Wildman–Crippen MR) is 113 cm³/mol. The maximum Gasteiger partial charge on any atom is 0.262 e. The zero-order chi connectivity index (χ0) is 21.6. The summed E-state index contributed by atoms with van der Waals surface area (Å²) in [6.45, 7) is 3.33. The quantitative estimate of drug-likeness (QED) is 0.618. The van der Waals surface area contributed by atoms with Gasteiger partial charge in [-0.25, -0.2) is 4.68 Å². The van der Waals surface area contributed by atoms with Gasteiger partial charge in [0.2, 0.25) is 5.91 Å². The molecule has 2 aromatic carbocycles. The lowest BCUT2D eigenvalue weighted by molar-refractivity contribution is -0.116. The largest absolute Gasteiger partial charge is 0.309 e. The number of nitrogens with one attached hydrogen (secondary N) is 1. The highest BCUT2D eigenvalue weighted by atomic mass is 35.5. The number of benzene rings is 2. The number of aryl methyl sites for hydroxylation is 2. The Balaban J connectivity index is 1.54. The van der Waals surface area contributed by atoms with Crippen LogP contribution in [-0.2, 0) is 4.79 Å². The van der Waals surface area contributed by atoms with Crippen molar-refractivity contribution in [1.82, 2.24) is 14.7 Å². The van der Waals surface area contributed by atoms with E-state index in [1.165, 1.54) is 12.1 Å². The van der Waals surface area contributed by atoms with Crippen molar-refractivity contribution in [3.8, 4) is 5.69 Å². The Hall–Kier alpha value is -3.16. The second-order valence-electron chi connectivity index (χ2n) is 6.97. The first-order valence-corrected chi connectivity index (χ1v) is 9.79. The van der Waals surface area contributed by atoms with Crippen molar-refractivity contribution >= 4 is 46.7 Å². The van der Waals surface area contributed by atoms with Crippen LogP contribution in [0.3, 0.4) is 0 Å². The van der Waals surface area contributed by atoms with Gasteiger partial charge < -0.3 is 5.32 Å². The molecule has 3 amide bonds. The highest BCUT2D eigenvalue weighted by molar-refractivity contribution is 6.43. The minimum absolute atomic E-state index is 0.128. The van der Waals surface area contributed by atoms with Crippen LogP contribution in [0.15, 0.2) is 42.5 Å². The Labute approximate surface area is 182 Å². The fraction of sp³-hybridized carbons (Fsp3) is 0.143. The summed E-state index contributed by atoms with van der Waals surface area (Å²) in [4.78, 5) is 38.7. The molecule has 7 nitrogen and oxygen atoms in total. The zero-order valence-electron chi connectivity index (χ0n) is 16.1. The molecule has 0 saturated carbocycles. The fourth-order valence-electron chi connectivity index (χ4n) is 3.22. The van der Waals surface area contributed by atoms with Gasteiger partial charge in [0.1, 0.15) is 12.4 Å². The number of fused-ring (bicyclic) bond motifs is 1. The SMILES string of the molecule is Cc1ccc(-n2nc(C)cc2NC(=O)CN2C(=O)c3cc(Cl)c(Cl)cc3C2=O)cc1. The molecule has 1 aliphatic rings. The first-order valence-electron chi connectivity index (χ1n) is 9.03. The van der Waals surface area contributed by atoms with Gasteiger partial charge in [0.05, 0.1) is 32.6 Å². The number of rotatable bonds is 4. The van der Waals surface area contributed by atoms with Gasteiger partial charge in [0.15, 0.2) is 0 Å². The molecular formula is C21H16Cl2N4O3. The van der Waals surface area contributed by atoms with Crippen molar-refractivity contribution in [3.63, 3.8) is 0 Å². The summed E-state index contributed by atoms with van der Waals surface area (Å²) in [6.07, 6.45) is 0. The van der Waals surface area contributed by atoms with Crippen LogP contribution < -0.4 is 5.32 Å². The molecule has 0 spiro atoms. The first-order chi connectivity index (χ1) is 14.2. The number of hydrogen-bond acceptors (Lipinski definition) is 4. The van der Waals surface area contributed by atoms with Crippen LogP contribution in [0.25, 0.3) is 5.69 Å². The van der Waals surface area contributed by atoms with Crippen LogP contribution in [0.2, 0.25) is 10.0 Å². The van der Waals surface area contributed by atoms with Gasteiger partial charge in [0, 0.05) is 6.07 Å². The first kappa shape index (κ1) is 20.1. The lowest BCUT2D eigenvalue weighted by Crippen LogP contribution is -2.37. The molecule has 9 heteroatoms. The Kier molecular flexibility index (Phi) is 5.09. The van der Waals surface area contributed by atoms with Gasteiger partial charge in [0.25, 0.3) is 11.8 Å². The average Bonchev–Trinajstić information content (AvgIpc) is 3.16. The molecule has 0 radical (unpaired) electrons. The van der Waals surface area contributed by atoms with Gasteiger partial charge >= 0.3 is 0 Å². The maximum absolute atomic E-state index is 12.6. The Morgan fingerprint density at radius 3 is 2.10 bits per heavy atom. The molecule has 0 fully saturated rings. The molecule has 152 valence electrons. The monoisotopic (exact) mass is 442 g/mol. The molecule has 1 aliphatic heterocycles. The highest BCUT2D eigenvalue weighted by Crippen LogP contribution is 2.31. The van der Waals surface area contributed by atoms with Crippen molar-refractivity contribution in [2.24, 2.45) is 0 Å². The van der Waals surface area contributed by atoms with Gasteiger partial charge in [-0.05, 0) is 38.1 Å². The van der Waals surface area contributed by atoms with Crippen LogP contribution in [0.4, 0.5) is 5.82 Å². The van der Waals surface area contributed by atoms with Crippen LogP contribution in [0, 0.1) is 13.8 Å². The van der Waals surface area contributed by atoms with Crippen molar-refractivity contribution < 1.29 is 14.4 Å². The van der Waals surface area contributed by atoms with E-state index in [4.69, 9.17) is 23.2 Å². The van der Waals surface area contributed by atoms with Crippen LogP contribution in [0.5, 0.6) is 0 Å². The predicted octanol–water partition coefficient (Wildman–Crippen LogP) is 4.03. The van der Waals surface area contributed by atoms with Gasteiger partial charge in [-0.1, -0.05) is 40.9 Å². The molecule has 0 saturated heterocycles. The van der Waals surface area contributed by atoms with E-state index >= 15 is 0 Å². The number of halogens is 2. The summed E-state index contributed by atoms with van der Waals surface area (Å²) in [5.41, 5.74) is 2.83. The summed E-state index contributed by atoms with van der Waals surface area (Å²) in [6, 6.07) is 12.0. The van der Waals surface area contributed by atoms with Crippen molar-refractivity contribution in [1.29, 1.82) is 0 Å². The summed E-state index contributed by atoms with van der Waals surface area (Å²) >= 11 is 11.9. The molecule has 2 heterocycles. The van der Waals surface area contributed by atoms with E-state index in [9.17, 15) is 14.4 Å². The third kappa shape index (κ3) is 3.58. The zero-order valence-corrected chi connectivity index (χ0v) is 17.6. The minimum Gasteiger partial charge on any atom is -0.309 e. The molecule has 0 atom stereocenters. The van der Waals surface area contributed by atoms with Crippen LogP contribution in [-0.4, -0.2) is 38.9 Å². The summed E-state index contributed by atoms with van der Waals surface area (Å²) in [7, 11) is 0. The van der Waals surface area contributed by atoms with E-state index in [0.717, 1.165) is 16.2 Å². The standard InChI is InChI=1S/C21H16Cl2N4O3/c1-11-3-5-13(6-4-11)27-18(7-12(2)25-27)24-19(28)10-26-20(29)14-8-16(22)17(23)9-15(14)21(26)30/h3-9H,10H2,1-2H3,(H,24,28). The second kappa shape index (κ2) is 7.59. The van der Waals surface area contributed by atoms with Crippen molar-refractivity contribution in [2.75, 3.05) is 11.9 Å². The Morgan fingerprint density at radius 1 is 0.967 bits per heavy atom. The fourth-order valence-corrected chi connectivity index (χ4v) is 3.55. The number of aromatic nitrogens is 2. The topological polar surface area (TPSA) is 84.3 Å². The summed E-state index contributed by atoms with van der Waals surface area (Å²) in [5, 5.41) is 7.46. The number of anilines is 1. The summed E-state index contributed by atoms with van der Waals surface area (Å²) < 4.78 is 1.59. The van der Waals surface area contributed by atoms with Crippen molar-refractivity contribution in [3.05, 3.63) is 74.9 Å². The molecule has 1 aromatic heterocycles. The maximum atomic E-state index is 12.6. The van der Waals surface area contributed by atoms with Crippen LogP contribution >= 0.6 is 23.2 Å². The van der Waals surface area contributed by atoms with E-state index in [2.05, 4.69) is 10.4 Å². The van der Waals surface area contributed by atoms with Crippen molar-refractivity contribution in [2.45, 2.75) is 13.8 Å². The van der Waals surface area contributed by atoms with E-state index in [0.29, 0.717) is 11.5 Å². The molecule has 0 aliphatic carbocycles. The molecule has 3 aromatic rings. The normalized spacial score (nSPS) is 13.0. The third-order valence-electron chi connectivity index (χ3n) is 4.69. The second-order valence-corrected chi connectivity index (χ2v) is 7.79. The number of hydrogen-bond donors (Lipinski definition) is 1. The van der Waals surface area contributed by atoms with Crippen LogP contribution in [0.1, 0.15) is 32.0 Å². The number of imide groups is 1. The molecule has 30 heavy (non-hydrogen) atoms. The van der Waals surface area contributed by atoms with E-state index < -0.39 is 24.3 Å². The van der Waals surface area contributed by atoms with Gasteiger partial charge in [-0.15, -0.1) is 0 Å².